The van der Waals surface area contributed by atoms with Crippen molar-refractivity contribution in [3.63, 3.8) is 0 Å². The second kappa shape index (κ2) is 10.7. The van der Waals surface area contributed by atoms with E-state index < -0.39 is 0 Å². The zero-order chi connectivity index (χ0) is 24.2. The van der Waals surface area contributed by atoms with Crippen molar-refractivity contribution in [3.05, 3.63) is 53.3 Å². The van der Waals surface area contributed by atoms with Crippen LogP contribution in [-0.4, -0.2) is 63.3 Å². The van der Waals surface area contributed by atoms with Gasteiger partial charge in [-0.25, -0.2) is 0 Å². The molecule has 5 rings (SSSR count). The highest BCUT2D eigenvalue weighted by Crippen LogP contribution is 2.22. The Morgan fingerprint density at radius 1 is 1.03 bits per heavy atom. The molecule has 1 aromatic carbocycles. The molecule has 8 nitrogen and oxygen atoms in total. The number of hydrogen-bond donors (Lipinski definition) is 1. The lowest BCUT2D eigenvalue weighted by atomic mass is 9.99. The van der Waals surface area contributed by atoms with Crippen molar-refractivity contribution in [2.75, 3.05) is 37.6 Å². The summed E-state index contributed by atoms with van der Waals surface area (Å²) in [6.07, 6.45) is 4.45. The third kappa shape index (κ3) is 5.99. The van der Waals surface area contributed by atoms with Crippen LogP contribution in [0.3, 0.4) is 0 Å². The van der Waals surface area contributed by atoms with E-state index >= 15 is 0 Å². The molecule has 2 fully saturated rings. The van der Waals surface area contributed by atoms with E-state index in [1.54, 1.807) is 4.52 Å². The van der Waals surface area contributed by atoms with Gasteiger partial charge in [0.25, 0.3) is 0 Å². The smallest absolute Gasteiger partial charge is 0.220 e. The van der Waals surface area contributed by atoms with Gasteiger partial charge in [0, 0.05) is 45.6 Å². The van der Waals surface area contributed by atoms with E-state index in [2.05, 4.69) is 63.4 Å². The lowest BCUT2D eigenvalue weighted by Crippen LogP contribution is -2.33. The minimum Gasteiger partial charge on any atom is -0.356 e. The molecule has 0 bridgehead atoms. The average Bonchev–Trinajstić information content (AvgIpc) is 3.49. The van der Waals surface area contributed by atoms with Crippen molar-refractivity contribution in [2.24, 2.45) is 11.8 Å². The molecular formula is C27H37N7O. The highest BCUT2D eigenvalue weighted by Gasteiger charge is 2.23. The maximum atomic E-state index is 12.6. The van der Waals surface area contributed by atoms with Crippen LogP contribution >= 0.6 is 0 Å². The van der Waals surface area contributed by atoms with Gasteiger partial charge in [-0.1, -0.05) is 36.8 Å². The van der Waals surface area contributed by atoms with Crippen molar-refractivity contribution in [2.45, 2.75) is 52.5 Å². The van der Waals surface area contributed by atoms with Crippen molar-refractivity contribution in [1.82, 2.24) is 30.0 Å². The molecule has 1 atom stereocenters. The molecule has 2 saturated heterocycles. The first-order valence-electron chi connectivity index (χ1n) is 13.0. The Kier molecular flexibility index (Phi) is 7.27. The van der Waals surface area contributed by atoms with Gasteiger partial charge in [0.05, 0.1) is 0 Å². The van der Waals surface area contributed by atoms with Crippen molar-refractivity contribution in [3.8, 4) is 0 Å². The molecule has 35 heavy (non-hydrogen) atoms. The van der Waals surface area contributed by atoms with Gasteiger partial charge in [-0.2, -0.15) is 4.52 Å². The Morgan fingerprint density at radius 3 is 2.63 bits per heavy atom. The molecule has 0 radical (unpaired) electrons. The van der Waals surface area contributed by atoms with Crippen LogP contribution < -0.4 is 10.2 Å². The third-order valence-electron chi connectivity index (χ3n) is 7.48. The quantitative estimate of drug-likeness (QED) is 0.539. The van der Waals surface area contributed by atoms with Gasteiger partial charge in [-0.3, -0.25) is 9.69 Å². The number of aryl methyl sites for hydroxylation is 2. The van der Waals surface area contributed by atoms with Gasteiger partial charge in [-0.15, -0.1) is 15.3 Å². The fourth-order valence-electron chi connectivity index (χ4n) is 5.13. The largest absolute Gasteiger partial charge is 0.356 e. The Labute approximate surface area is 207 Å². The molecule has 4 heterocycles. The lowest BCUT2D eigenvalue weighted by Gasteiger charge is -2.30. The molecule has 0 unspecified atom stereocenters. The Hall–Kier alpha value is -3.00. The molecular weight excluding hydrogens is 438 g/mol. The molecule has 186 valence electrons. The molecule has 0 spiro atoms. The van der Waals surface area contributed by atoms with Crippen LogP contribution in [-0.2, 0) is 17.8 Å². The highest BCUT2D eigenvalue weighted by atomic mass is 16.1. The van der Waals surface area contributed by atoms with Crippen LogP contribution in [0, 0.1) is 18.8 Å². The number of carbonyl (C=O) groups is 1. The summed E-state index contributed by atoms with van der Waals surface area (Å²) in [4.78, 5) is 17.4. The molecule has 8 heteroatoms. The number of hydrogen-bond acceptors (Lipinski definition) is 6. The molecule has 1 N–H and O–H groups in total. The first-order chi connectivity index (χ1) is 17.0. The van der Waals surface area contributed by atoms with Crippen LogP contribution in [0.2, 0.25) is 0 Å². The van der Waals surface area contributed by atoms with Crippen LogP contribution in [0.25, 0.3) is 5.65 Å². The third-order valence-corrected chi connectivity index (χ3v) is 7.48. The topological polar surface area (TPSA) is 78.7 Å². The standard InChI is InChI=1S/C27H37N7O/c1-20-3-5-22(6-4-20)18-32-14-13-23(19-32)17-28-27(35)10-9-25-30-29-24-7-8-26(31-34(24)25)33-15-11-21(2)12-16-33/h3-8,21,23H,9-19H2,1-2H3,(H,28,35)/t23-/m0/s1. The second-order valence-electron chi connectivity index (χ2n) is 10.4. The van der Waals surface area contributed by atoms with Gasteiger partial charge in [0.15, 0.2) is 11.5 Å². The molecule has 0 saturated carbocycles. The number of fused-ring (bicyclic) bond motifs is 1. The number of anilines is 1. The summed E-state index contributed by atoms with van der Waals surface area (Å²) in [6, 6.07) is 12.8. The van der Waals surface area contributed by atoms with E-state index in [0.717, 1.165) is 68.9 Å². The van der Waals surface area contributed by atoms with Gasteiger partial charge in [-0.05, 0) is 62.3 Å². The number of amides is 1. The predicted molar refractivity (Wildman–Crippen MR) is 137 cm³/mol. The fraction of sp³-hybridized carbons (Fsp3) is 0.556. The summed E-state index contributed by atoms with van der Waals surface area (Å²) >= 11 is 0. The number of aromatic nitrogens is 4. The van der Waals surface area contributed by atoms with Crippen molar-refractivity contribution in [1.29, 1.82) is 0 Å². The molecule has 3 aromatic rings. The second-order valence-corrected chi connectivity index (χ2v) is 10.4. The highest BCUT2D eigenvalue weighted by molar-refractivity contribution is 5.76. The average molecular weight is 476 g/mol. The van der Waals surface area contributed by atoms with E-state index in [9.17, 15) is 4.79 Å². The number of rotatable bonds is 8. The molecule has 1 amide bonds. The number of likely N-dealkylation sites (tertiary alicyclic amines) is 1. The normalized spacial score (nSPS) is 19.5. The number of benzene rings is 1. The van der Waals surface area contributed by atoms with Crippen LogP contribution in [0.5, 0.6) is 0 Å². The van der Waals surface area contributed by atoms with Crippen molar-refractivity contribution >= 4 is 17.4 Å². The van der Waals surface area contributed by atoms with Gasteiger partial charge in [0.2, 0.25) is 5.91 Å². The number of nitrogens with one attached hydrogen (secondary N) is 1. The minimum absolute atomic E-state index is 0.0694. The summed E-state index contributed by atoms with van der Waals surface area (Å²) in [5, 5.41) is 16.5. The van der Waals surface area contributed by atoms with E-state index in [4.69, 9.17) is 5.10 Å². The summed E-state index contributed by atoms with van der Waals surface area (Å²) in [7, 11) is 0. The fourth-order valence-corrected chi connectivity index (χ4v) is 5.13. The first kappa shape index (κ1) is 23.7. The summed E-state index contributed by atoms with van der Waals surface area (Å²) in [5.41, 5.74) is 3.38. The molecule has 2 aromatic heterocycles. The lowest BCUT2D eigenvalue weighted by molar-refractivity contribution is -0.121. The van der Waals surface area contributed by atoms with Gasteiger partial charge in [0.1, 0.15) is 5.82 Å². The maximum absolute atomic E-state index is 12.6. The van der Waals surface area contributed by atoms with Crippen LogP contribution in [0.15, 0.2) is 36.4 Å². The number of piperidine rings is 1. The zero-order valence-corrected chi connectivity index (χ0v) is 21.0. The van der Waals surface area contributed by atoms with Crippen LogP contribution in [0.4, 0.5) is 5.82 Å². The predicted octanol–water partition coefficient (Wildman–Crippen LogP) is 3.24. The van der Waals surface area contributed by atoms with E-state index in [1.807, 2.05) is 12.1 Å². The van der Waals surface area contributed by atoms with Gasteiger partial charge < -0.3 is 10.2 Å². The van der Waals surface area contributed by atoms with E-state index in [-0.39, 0.29) is 5.91 Å². The summed E-state index contributed by atoms with van der Waals surface area (Å²) < 4.78 is 1.81. The summed E-state index contributed by atoms with van der Waals surface area (Å²) in [5.74, 6) is 3.06. The minimum atomic E-state index is 0.0694. The monoisotopic (exact) mass is 475 g/mol. The first-order valence-corrected chi connectivity index (χ1v) is 13.0. The number of nitrogens with zero attached hydrogens (tertiary/aromatic N) is 6. The Balaban J connectivity index is 1.09. The Morgan fingerprint density at radius 2 is 1.83 bits per heavy atom. The molecule has 2 aliphatic heterocycles. The zero-order valence-electron chi connectivity index (χ0n) is 21.0. The Bertz CT molecular complexity index is 1130. The summed E-state index contributed by atoms with van der Waals surface area (Å²) in [6.45, 7) is 10.3. The molecule has 0 aliphatic carbocycles. The molecule has 2 aliphatic rings. The van der Waals surface area contributed by atoms with Gasteiger partial charge >= 0.3 is 0 Å². The van der Waals surface area contributed by atoms with Crippen molar-refractivity contribution < 1.29 is 4.79 Å². The van der Waals surface area contributed by atoms with E-state index in [0.29, 0.717) is 18.8 Å². The van der Waals surface area contributed by atoms with E-state index in [1.165, 1.54) is 24.0 Å². The number of carbonyl (C=O) groups excluding carboxylic acids is 1. The van der Waals surface area contributed by atoms with Crippen LogP contribution in [0.1, 0.15) is 49.6 Å². The maximum Gasteiger partial charge on any atom is 0.220 e. The SMILES string of the molecule is Cc1ccc(CN2CC[C@@H](CNC(=O)CCc3nnc4ccc(N5CCC(C)CC5)nn34)C2)cc1.